The molecular weight excluding hydrogens is 356 g/mol. The first kappa shape index (κ1) is 17.0. The number of ether oxygens (including phenoxy) is 1. The van der Waals surface area contributed by atoms with E-state index in [2.05, 4.69) is 20.1 Å². The minimum absolute atomic E-state index is 0.00709. The Bertz CT molecular complexity index is 997. The Kier molecular flexibility index (Phi) is 4.31. The van der Waals surface area contributed by atoms with Gasteiger partial charge >= 0.3 is 0 Å². The Balaban J connectivity index is 1.28. The number of likely N-dealkylation sites (tertiary alicyclic amines) is 1. The van der Waals surface area contributed by atoms with E-state index in [-0.39, 0.29) is 12.0 Å². The van der Waals surface area contributed by atoms with Crippen LogP contribution in [-0.4, -0.2) is 62.7 Å². The van der Waals surface area contributed by atoms with Gasteiger partial charge in [-0.25, -0.2) is 4.98 Å². The molecule has 0 aromatic carbocycles. The van der Waals surface area contributed by atoms with E-state index in [1.54, 1.807) is 23.0 Å². The lowest BCUT2D eigenvalue weighted by Crippen LogP contribution is -2.31. The molecule has 3 aromatic rings. The van der Waals surface area contributed by atoms with Crippen LogP contribution in [0.5, 0.6) is 5.75 Å². The van der Waals surface area contributed by atoms with Crippen molar-refractivity contribution in [3.63, 3.8) is 0 Å². The van der Waals surface area contributed by atoms with Crippen molar-refractivity contribution < 1.29 is 9.53 Å². The van der Waals surface area contributed by atoms with E-state index in [1.807, 2.05) is 29.3 Å². The molecule has 0 N–H and O–H groups in total. The average Bonchev–Trinajstić information content (AvgIpc) is 3.48. The van der Waals surface area contributed by atoms with Gasteiger partial charge in [0.15, 0.2) is 17.2 Å². The summed E-state index contributed by atoms with van der Waals surface area (Å²) in [4.78, 5) is 21.5. The molecule has 0 unspecified atom stereocenters. The summed E-state index contributed by atoms with van der Waals surface area (Å²) in [6.45, 7) is 3.30. The van der Waals surface area contributed by atoms with Gasteiger partial charge in [-0.2, -0.15) is 0 Å². The molecule has 0 aliphatic carbocycles. The molecule has 0 bridgehead atoms. The zero-order valence-corrected chi connectivity index (χ0v) is 15.6. The molecule has 3 aromatic heterocycles. The Morgan fingerprint density at radius 3 is 2.93 bits per heavy atom. The maximum absolute atomic E-state index is 12.9. The van der Waals surface area contributed by atoms with Crippen LogP contribution in [0.15, 0.2) is 43.0 Å². The highest BCUT2D eigenvalue weighted by Gasteiger charge is 2.30. The fraction of sp³-hybridized carbons (Fsp3) is 0.400. The van der Waals surface area contributed by atoms with E-state index in [1.165, 1.54) is 12.8 Å². The second kappa shape index (κ2) is 7.10. The number of aromatic nitrogens is 4. The zero-order chi connectivity index (χ0) is 18.9. The molecule has 144 valence electrons. The number of hydrogen-bond donors (Lipinski definition) is 0. The van der Waals surface area contributed by atoms with Gasteiger partial charge in [0.2, 0.25) is 0 Å². The van der Waals surface area contributed by atoms with Crippen LogP contribution >= 0.6 is 0 Å². The Hall–Kier alpha value is -3.16. The highest BCUT2D eigenvalue weighted by molar-refractivity contribution is 5.94. The molecule has 0 spiro atoms. The Morgan fingerprint density at radius 2 is 2.04 bits per heavy atom. The Labute approximate surface area is 162 Å². The SMILES string of the molecule is O=C(c1ccc2nncn2c1)N1CC[C@@H](Oc2cccnc2N2CCCC2)C1. The van der Waals surface area contributed by atoms with E-state index in [9.17, 15) is 4.79 Å². The van der Waals surface area contributed by atoms with Gasteiger partial charge in [-0.05, 0) is 37.1 Å². The van der Waals surface area contributed by atoms with Crippen molar-refractivity contribution in [2.45, 2.75) is 25.4 Å². The van der Waals surface area contributed by atoms with Crippen LogP contribution in [-0.2, 0) is 0 Å². The molecular formula is C20H22N6O2. The molecule has 5 rings (SSSR count). The number of anilines is 1. The van der Waals surface area contributed by atoms with Crippen LogP contribution < -0.4 is 9.64 Å². The summed E-state index contributed by atoms with van der Waals surface area (Å²) in [5.74, 6) is 1.74. The predicted molar refractivity (Wildman–Crippen MR) is 104 cm³/mol. The average molecular weight is 378 g/mol. The maximum Gasteiger partial charge on any atom is 0.255 e. The van der Waals surface area contributed by atoms with Gasteiger partial charge in [0.25, 0.3) is 5.91 Å². The van der Waals surface area contributed by atoms with Gasteiger partial charge in [-0.15, -0.1) is 10.2 Å². The first-order chi connectivity index (χ1) is 13.8. The molecule has 8 nitrogen and oxygen atoms in total. The summed E-state index contributed by atoms with van der Waals surface area (Å²) >= 11 is 0. The number of carbonyl (C=O) groups excluding carboxylic acids is 1. The normalized spacial score (nSPS) is 19.5. The largest absolute Gasteiger partial charge is 0.485 e. The quantitative estimate of drug-likeness (QED) is 0.691. The summed E-state index contributed by atoms with van der Waals surface area (Å²) in [6.07, 6.45) is 8.37. The van der Waals surface area contributed by atoms with Crippen LogP contribution in [0.2, 0.25) is 0 Å². The number of nitrogens with zero attached hydrogens (tertiary/aromatic N) is 6. The smallest absolute Gasteiger partial charge is 0.255 e. The third-order valence-electron chi connectivity index (χ3n) is 5.42. The van der Waals surface area contributed by atoms with Crippen LogP contribution in [0, 0.1) is 0 Å². The second-order valence-electron chi connectivity index (χ2n) is 7.31. The predicted octanol–water partition coefficient (Wildman–Crippen LogP) is 2.02. The van der Waals surface area contributed by atoms with E-state index in [4.69, 9.17) is 4.74 Å². The van der Waals surface area contributed by atoms with Gasteiger partial charge in [-0.3, -0.25) is 9.20 Å². The minimum Gasteiger partial charge on any atom is -0.485 e. The fourth-order valence-electron chi connectivity index (χ4n) is 3.97. The maximum atomic E-state index is 12.9. The minimum atomic E-state index is -0.0202. The zero-order valence-electron chi connectivity index (χ0n) is 15.6. The third kappa shape index (κ3) is 3.15. The Morgan fingerprint density at radius 1 is 1.14 bits per heavy atom. The van der Waals surface area contributed by atoms with Crippen molar-refractivity contribution in [3.8, 4) is 5.75 Å². The molecule has 28 heavy (non-hydrogen) atoms. The molecule has 1 atom stereocenters. The topological polar surface area (TPSA) is 75.9 Å². The number of pyridine rings is 2. The van der Waals surface area contributed by atoms with Crippen LogP contribution in [0.1, 0.15) is 29.6 Å². The first-order valence-electron chi connectivity index (χ1n) is 9.73. The lowest BCUT2D eigenvalue weighted by atomic mass is 10.2. The number of carbonyl (C=O) groups is 1. The monoisotopic (exact) mass is 378 g/mol. The van der Waals surface area contributed by atoms with Gasteiger partial charge in [-0.1, -0.05) is 0 Å². The molecule has 2 aliphatic heterocycles. The molecule has 1 amide bonds. The fourth-order valence-corrected chi connectivity index (χ4v) is 3.97. The van der Waals surface area contributed by atoms with E-state index in [0.717, 1.165) is 36.7 Å². The van der Waals surface area contributed by atoms with Crippen LogP contribution in [0.25, 0.3) is 5.65 Å². The van der Waals surface area contributed by atoms with E-state index in [0.29, 0.717) is 18.7 Å². The van der Waals surface area contributed by atoms with Gasteiger partial charge < -0.3 is 14.5 Å². The molecule has 5 heterocycles. The molecule has 0 radical (unpaired) electrons. The highest BCUT2D eigenvalue weighted by Crippen LogP contribution is 2.30. The summed E-state index contributed by atoms with van der Waals surface area (Å²) in [7, 11) is 0. The van der Waals surface area contributed by atoms with Crippen molar-refractivity contribution in [1.82, 2.24) is 24.5 Å². The lowest BCUT2D eigenvalue weighted by Gasteiger charge is -2.22. The molecule has 0 saturated carbocycles. The summed E-state index contributed by atoms with van der Waals surface area (Å²) in [5, 5.41) is 7.83. The molecule has 2 fully saturated rings. The first-order valence-corrected chi connectivity index (χ1v) is 9.73. The molecule has 8 heteroatoms. The van der Waals surface area contributed by atoms with Crippen molar-refractivity contribution in [3.05, 3.63) is 48.5 Å². The van der Waals surface area contributed by atoms with Gasteiger partial charge in [0, 0.05) is 38.4 Å². The number of rotatable bonds is 4. The highest BCUT2D eigenvalue weighted by atomic mass is 16.5. The third-order valence-corrected chi connectivity index (χ3v) is 5.42. The lowest BCUT2D eigenvalue weighted by molar-refractivity contribution is 0.0772. The van der Waals surface area contributed by atoms with Crippen LogP contribution in [0.3, 0.4) is 0 Å². The summed E-state index contributed by atoms with van der Waals surface area (Å²) in [5.41, 5.74) is 1.36. The second-order valence-corrected chi connectivity index (χ2v) is 7.31. The number of fused-ring (bicyclic) bond motifs is 1. The summed E-state index contributed by atoms with van der Waals surface area (Å²) in [6, 6.07) is 7.49. The van der Waals surface area contributed by atoms with Crippen molar-refractivity contribution in [2.24, 2.45) is 0 Å². The van der Waals surface area contributed by atoms with Crippen molar-refractivity contribution in [1.29, 1.82) is 0 Å². The van der Waals surface area contributed by atoms with Crippen LogP contribution in [0.4, 0.5) is 5.82 Å². The standard InChI is InChI=1S/C20H22N6O2/c27-20(15-5-6-18-23-22-14-26(18)12-15)25-11-7-16(13-25)28-17-4-3-8-21-19(17)24-9-1-2-10-24/h3-6,8,12,14,16H,1-2,7,9-11,13H2/t16-/m1/s1. The van der Waals surface area contributed by atoms with E-state index >= 15 is 0 Å². The van der Waals surface area contributed by atoms with Gasteiger partial charge in [0.05, 0.1) is 12.1 Å². The van der Waals surface area contributed by atoms with Gasteiger partial charge in [0.1, 0.15) is 12.4 Å². The van der Waals surface area contributed by atoms with E-state index < -0.39 is 0 Å². The summed E-state index contributed by atoms with van der Waals surface area (Å²) < 4.78 is 8.03. The molecule has 2 saturated heterocycles. The van der Waals surface area contributed by atoms with Crippen molar-refractivity contribution in [2.75, 3.05) is 31.1 Å². The molecule has 2 aliphatic rings. The number of amides is 1. The van der Waals surface area contributed by atoms with Crippen molar-refractivity contribution >= 4 is 17.4 Å². The number of hydrogen-bond acceptors (Lipinski definition) is 6.